The van der Waals surface area contributed by atoms with Gasteiger partial charge < -0.3 is 9.30 Å². The third kappa shape index (κ3) is 2.56. The van der Waals surface area contributed by atoms with Crippen molar-refractivity contribution < 1.29 is 9.53 Å². The van der Waals surface area contributed by atoms with Gasteiger partial charge in [-0.3, -0.25) is 4.79 Å². The van der Waals surface area contributed by atoms with Crippen molar-refractivity contribution in [3.05, 3.63) is 22.5 Å². The molecular formula is C14H18N2O2S. The van der Waals surface area contributed by atoms with Crippen molar-refractivity contribution in [3.63, 3.8) is 0 Å². The summed E-state index contributed by atoms with van der Waals surface area (Å²) < 4.78 is 8.43. The van der Waals surface area contributed by atoms with Gasteiger partial charge >= 0.3 is 0 Å². The first kappa shape index (κ1) is 13.8. The van der Waals surface area contributed by atoms with Crippen LogP contribution in [0.2, 0.25) is 0 Å². The number of methoxy groups -OCH3 is 1. The normalized spacial score (nSPS) is 12.1. The van der Waals surface area contributed by atoms with Crippen molar-refractivity contribution >= 4 is 27.5 Å². The number of carbonyl (C=O) groups is 1. The summed E-state index contributed by atoms with van der Waals surface area (Å²) in [6, 6.07) is 3.97. The van der Waals surface area contributed by atoms with Gasteiger partial charge in [-0.2, -0.15) is 4.99 Å². The van der Waals surface area contributed by atoms with Crippen molar-refractivity contribution in [1.29, 1.82) is 0 Å². The summed E-state index contributed by atoms with van der Waals surface area (Å²) in [4.78, 5) is 16.6. The fourth-order valence-electron chi connectivity index (χ4n) is 1.99. The Hall–Kier alpha value is -1.62. The minimum atomic E-state index is -0.0683. The van der Waals surface area contributed by atoms with Crippen LogP contribution in [0.1, 0.15) is 25.3 Å². The Morgan fingerprint density at radius 2 is 2.21 bits per heavy atom. The van der Waals surface area contributed by atoms with Gasteiger partial charge in [0, 0.05) is 13.5 Å². The summed E-state index contributed by atoms with van der Waals surface area (Å²) in [6.45, 7) is 4.03. The monoisotopic (exact) mass is 278 g/mol. The maximum atomic E-state index is 11.7. The molecule has 0 spiro atoms. The maximum absolute atomic E-state index is 11.7. The number of ether oxygens (including phenoxy) is 1. The van der Waals surface area contributed by atoms with Crippen LogP contribution in [0.25, 0.3) is 10.2 Å². The molecule has 0 fully saturated rings. The molecule has 5 heteroatoms. The Bertz CT molecular complexity index is 683. The lowest BCUT2D eigenvalue weighted by Gasteiger charge is -2.05. The summed E-state index contributed by atoms with van der Waals surface area (Å²) >= 11 is 1.53. The summed E-state index contributed by atoms with van der Waals surface area (Å²) in [6.07, 6.45) is 1.31. The van der Waals surface area contributed by atoms with E-state index in [-0.39, 0.29) is 5.91 Å². The van der Waals surface area contributed by atoms with E-state index < -0.39 is 0 Å². The molecule has 4 nitrogen and oxygen atoms in total. The van der Waals surface area contributed by atoms with E-state index in [2.05, 4.69) is 11.9 Å². The van der Waals surface area contributed by atoms with Crippen LogP contribution >= 0.6 is 11.3 Å². The first-order valence-corrected chi connectivity index (χ1v) is 7.10. The summed E-state index contributed by atoms with van der Waals surface area (Å²) in [5.74, 6) is 0.741. The van der Waals surface area contributed by atoms with Crippen molar-refractivity contribution in [3.8, 4) is 5.75 Å². The summed E-state index contributed by atoms with van der Waals surface area (Å²) in [5.41, 5.74) is 2.16. The molecule has 19 heavy (non-hydrogen) atoms. The zero-order chi connectivity index (χ0) is 14.0. The molecule has 0 bridgehead atoms. The van der Waals surface area contributed by atoms with Crippen LogP contribution in [-0.4, -0.2) is 17.6 Å². The number of rotatable bonds is 3. The fraction of sp³-hybridized carbons (Fsp3) is 0.429. The van der Waals surface area contributed by atoms with E-state index in [1.165, 1.54) is 16.9 Å². The minimum absolute atomic E-state index is 0.0683. The number of aryl methyl sites for hydroxylation is 2. The van der Waals surface area contributed by atoms with Gasteiger partial charge in [-0.1, -0.05) is 24.3 Å². The third-order valence-corrected chi connectivity index (χ3v) is 4.28. The highest BCUT2D eigenvalue weighted by Crippen LogP contribution is 2.29. The van der Waals surface area contributed by atoms with E-state index in [0.717, 1.165) is 27.2 Å². The van der Waals surface area contributed by atoms with Crippen molar-refractivity contribution in [2.24, 2.45) is 12.0 Å². The van der Waals surface area contributed by atoms with Gasteiger partial charge in [-0.05, 0) is 25.0 Å². The molecule has 0 radical (unpaired) electrons. The first-order valence-electron chi connectivity index (χ1n) is 6.29. The SMILES string of the molecule is CCCC(=O)N=c1sc2c(C)ccc(OC)c2n1C. The molecule has 0 aliphatic carbocycles. The van der Waals surface area contributed by atoms with Gasteiger partial charge in [0.25, 0.3) is 0 Å². The highest BCUT2D eigenvalue weighted by atomic mass is 32.1. The predicted octanol–water partition coefficient (Wildman–Crippen LogP) is 2.78. The number of thiazole rings is 1. The smallest absolute Gasteiger partial charge is 0.248 e. The van der Waals surface area contributed by atoms with E-state index in [1.54, 1.807) is 7.11 Å². The van der Waals surface area contributed by atoms with Crippen LogP contribution in [0, 0.1) is 6.92 Å². The predicted molar refractivity (Wildman–Crippen MR) is 77.6 cm³/mol. The van der Waals surface area contributed by atoms with Crippen molar-refractivity contribution in [2.75, 3.05) is 7.11 Å². The van der Waals surface area contributed by atoms with Crippen LogP contribution < -0.4 is 9.54 Å². The lowest BCUT2D eigenvalue weighted by atomic mass is 10.2. The number of nitrogens with zero attached hydrogens (tertiary/aromatic N) is 2. The Morgan fingerprint density at radius 1 is 1.47 bits per heavy atom. The Morgan fingerprint density at radius 3 is 2.84 bits per heavy atom. The Labute approximate surface area is 116 Å². The van der Waals surface area contributed by atoms with Gasteiger partial charge in [-0.25, -0.2) is 0 Å². The van der Waals surface area contributed by atoms with Crippen LogP contribution in [0.15, 0.2) is 17.1 Å². The van der Waals surface area contributed by atoms with Gasteiger partial charge in [0.2, 0.25) is 5.91 Å². The third-order valence-electron chi connectivity index (χ3n) is 3.01. The molecule has 0 unspecified atom stereocenters. The van der Waals surface area contributed by atoms with Crippen LogP contribution in [-0.2, 0) is 11.8 Å². The number of hydrogen-bond donors (Lipinski definition) is 0. The molecule has 0 saturated heterocycles. The van der Waals surface area contributed by atoms with Crippen LogP contribution in [0.4, 0.5) is 0 Å². The first-order chi connectivity index (χ1) is 9.08. The zero-order valence-corrected chi connectivity index (χ0v) is 12.5. The molecule has 102 valence electrons. The summed E-state index contributed by atoms with van der Waals surface area (Å²) in [5, 5.41) is 0. The van der Waals surface area contributed by atoms with E-state index in [9.17, 15) is 4.79 Å². The average molecular weight is 278 g/mol. The lowest BCUT2D eigenvalue weighted by molar-refractivity contribution is -0.118. The standard InChI is InChI=1S/C14H18N2O2S/c1-5-6-11(17)15-14-16(3)12-10(18-4)8-7-9(2)13(12)19-14/h7-8H,5-6H2,1-4H3. The molecule has 1 amide bonds. The molecule has 0 atom stereocenters. The highest BCUT2D eigenvalue weighted by molar-refractivity contribution is 7.16. The van der Waals surface area contributed by atoms with Crippen LogP contribution in [0.3, 0.4) is 0 Å². The number of fused-ring (bicyclic) bond motifs is 1. The quantitative estimate of drug-likeness (QED) is 0.866. The number of amides is 1. The molecule has 2 rings (SSSR count). The van der Waals surface area contributed by atoms with Crippen LogP contribution in [0.5, 0.6) is 5.75 Å². The van der Waals surface area contributed by atoms with Gasteiger partial charge in [0.05, 0.1) is 11.8 Å². The van der Waals surface area contributed by atoms with Gasteiger partial charge in [0.15, 0.2) is 4.80 Å². The number of carbonyl (C=O) groups excluding carboxylic acids is 1. The Kier molecular flexibility index (Phi) is 4.04. The fourth-order valence-corrected chi connectivity index (χ4v) is 3.12. The Balaban J connectivity index is 2.69. The maximum Gasteiger partial charge on any atom is 0.248 e. The topological polar surface area (TPSA) is 43.6 Å². The number of benzene rings is 1. The minimum Gasteiger partial charge on any atom is -0.495 e. The second-order valence-electron chi connectivity index (χ2n) is 4.46. The molecule has 0 aliphatic rings. The van der Waals surface area contributed by atoms with E-state index in [1.807, 2.05) is 30.7 Å². The largest absolute Gasteiger partial charge is 0.495 e. The zero-order valence-electron chi connectivity index (χ0n) is 11.7. The molecule has 0 saturated carbocycles. The van der Waals surface area contributed by atoms with Crippen molar-refractivity contribution in [1.82, 2.24) is 4.57 Å². The highest BCUT2D eigenvalue weighted by Gasteiger charge is 2.11. The number of hydrogen-bond acceptors (Lipinski definition) is 3. The lowest BCUT2D eigenvalue weighted by Crippen LogP contribution is -2.13. The molecule has 2 aromatic rings. The second-order valence-corrected chi connectivity index (χ2v) is 5.44. The number of aromatic nitrogens is 1. The average Bonchev–Trinajstić information content (AvgIpc) is 2.70. The van der Waals surface area contributed by atoms with Crippen molar-refractivity contribution in [2.45, 2.75) is 26.7 Å². The second kappa shape index (κ2) is 5.57. The molecule has 1 aromatic carbocycles. The molecule has 0 N–H and O–H groups in total. The van der Waals surface area contributed by atoms with E-state index in [0.29, 0.717) is 6.42 Å². The van der Waals surface area contributed by atoms with Gasteiger partial charge in [-0.15, -0.1) is 0 Å². The molecule has 0 aliphatic heterocycles. The van der Waals surface area contributed by atoms with E-state index >= 15 is 0 Å². The molecule has 1 heterocycles. The molecule has 1 aromatic heterocycles. The summed E-state index contributed by atoms with van der Waals surface area (Å²) in [7, 11) is 3.57. The van der Waals surface area contributed by atoms with E-state index in [4.69, 9.17) is 4.74 Å². The van der Waals surface area contributed by atoms with Gasteiger partial charge in [0.1, 0.15) is 11.3 Å². The molecular weight excluding hydrogens is 260 g/mol.